The second kappa shape index (κ2) is 5.26. The molecule has 2 amide bonds. The van der Waals surface area contributed by atoms with Crippen molar-refractivity contribution >= 4 is 23.3 Å². The lowest BCUT2D eigenvalue weighted by molar-refractivity contribution is -0.126. The summed E-state index contributed by atoms with van der Waals surface area (Å²) in [4.78, 5) is 39.0. The highest BCUT2D eigenvalue weighted by molar-refractivity contribution is 6.24. The van der Waals surface area contributed by atoms with Crippen LogP contribution in [-0.4, -0.2) is 35.9 Å². The van der Waals surface area contributed by atoms with Crippen LogP contribution in [0.15, 0.2) is 30.4 Å². The van der Waals surface area contributed by atoms with Crippen molar-refractivity contribution in [2.75, 3.05) is 11.5 Å². The average Bonchev–Trinajstić information content (AvgIpc) is 3.17. The van der Waals surface area contributed by atoms with Crippen molar-refractivity contribution < 1.29 is 23.9 Å². The number of rotatable bonds is 4. The van der Waals surface area contributed by atoms with Crippen molar-refractivity contribution in [2.24, 2.45) is 11.8 Å². The van der Waals surface area contributed by atoms with Gasteiger partial charge < -0.3 is 9.47 Å². The third kappa shape index (κ3) is 2.10. The molecule has 0 spiro atoms. The molecule has 6 heteroatoms. The Morgan fingerprint density at radius 2 is 2.08 bits per heavy atom. The maximum atomic E-state index is 13.1. The standard InChI is InChI=1S/C19H19NO5/c1-4-24-13-6-5-11(10(2)21)9-12(13)20-17(22)15-14-7-8-19(3,25-14)16(15)18(20)23/h5-9,14-16H,4H2,1-3H3. The van der Waals surface area contributed by atoms with Crippen LogP contribution < -0.4 is 9.64 Å². The van der Waals surface area contributed by atoms with E-state index >= 15 is 0 Å². The minimum atomic E-state index is -0.749. The number of anilines is 1. The number of benzene rings is 1. The van der Waals surface area contributed by atoms with E-state index in [1.807, 2.05) is 26.0 Å². The zero-order chi connectivity index (χ0) is 17.9. The van der Waals surface area contributed by atoms with Crippen LogP contribution in [0.5, 0.6) is 5.75 Å². The Bertz CT molecular complexity index is 829. The third-order valence-corrected chi connectivity index (χ3v) is 5.24. The zero-order valence-corrected chi connectivity index (χ0v) is 14.3. The van der Waals surface area contributed by atoms with Crippen LogP contribution in [-0.2, 0) is 14.3 Å². The Labute approximate surface area is 145 Å². The number of carbonyl (C=O) groups excluding carboxylic acids is 3. The van der Waals surface area contributed by atoms with Crippen LogP contribution in [0.4, 0.5) is 5.69 Å². The lowest BCUT2D eigenvalue weighted by Crippen LogP contribution is -2.38. The van der Waals surface area contributed by atoms with Gasteiger partial charge in [-0.2, -0.15) is 0 Å². The number of hydrogen-bond acceptors (Lipinski definition) is 5. The lowest BCUT2D eigenvalue weighted by Gasteiger charge is -2.25. The van der Waals surface area contributed by atoms with Gasteiger partial charge in [0.05, 0.1) is 35.8 Å². The highest BCUT2D eigenvalue weighted by Gasteiger charge is 2.66. The highest BCUT2D eigenvalue weighted by atomic mass is 16.5. The van der Waals surface area contributed by atoms with Crippen LogP contribution >= 0.6 is 0 Å². The average molecular weight is 341 g/mol. The Hall–Kier alpha value is -2.47. The van der Waals surface area contributed by atoms with Crippen LogP contribution in [0.3, 0.4) is 0 Å². The fourth-order valence-electron chi connectivity index (χ4n) is 4.08. The van der Waals surface area contributed by atoms with Crippen molar-refractivity contribution in [3.8, 4) is 5.75 Å². The first-order valence-corrected chi connectivity index (χ1v) is 8.40. The van der Waals surface area contributed by atoms with E-state index in [0.29, 0.717) is 23.6 Å². The fourth-order valence-corrected chi connectivity index (χ4v) is 4.08. The maximum absolute atomic E-state index is 13.1. The Balaban J connectivity index is 1.80. The fraction of sp³-hybridized carbons (Fsp3) is 0.421. The van der Waals surface area contributed by atoms with Crippen molar-refractivity contribution in [1.82, 2.24) is 0 Å². The van der Waals surface area contributed by atoms with Gasteiger partial charge in [0, 0.05) is 5.56 Å². The van der Waals surface area contributed by atoms with Gasteiger partial charge in [0.15, 0.2) is 5.78 Å². The van der Waals surface area contributed by atoms with Crippen LogP contribution in [0.1, 0.15) is 31.1 Å². The summed E-state index contributed by atoms with van der Waals surface area (Å²) in [5.41, 5.74) is 0.0162. The molecule has 0 aliphatic carbocycles. The lowest BCUT2D eigenvalue weighted by atomic mass is 9.78. The Morgan fingerprint density at radius 1 is 1.32 bits per heavy atom. The van der Waals surface area contributed by atoms with Gasteiger partial charge >= 0.3 is 0 Å². The van der Waals surface area contributed by atoms with Gasteiger partial charge in [-0.25, -0.2) is 4.90 Å². The molecule has 3 aliphatic rings. The summed E-state index contributed by atoms with van der Waals surface area (Å²) in [6.45, 7) is 5.49. The number of carbonyl (C=O) groups is 3. The predicted molar refractivity (Wildman–Crippen MR) is 89.5 cm³/mol. The molecule has 2 fully saturated rings. The van der Waals surface area contributed by atoms with Crippen LogP contribution in [0, 0.1) is 11.8 Å². The van der Waals surface area contributed by atoms with Crippen LogP contribution in [0.2, 0.25) is 0 Å². The number of ether oxygens (including phenoxy) is 2. The Morgan fingerprint density at radius 3 is 2.72 bits per heavy atom. The molecule has 1 aromatic rings. The van der Waals surface area contributed by atoms with Crippen molar-refractivity contribution in [3.63, 3.8) is 0 Å². The van der Waals surface area contributed by atoms with E-state index in [1.165, 1.54) is 11.8 Å². The van der Waals surface area contributed by atoms with E-state index in [0.717, 1.165) is 0 Å². The smallest absolute Gasteiger partial charge is 0.241 e. The molecule has 0 aromatic heterocycles. The number of imide groups is 1. The number of fused-ring (bicyclic) bond motifs is 5. The SMILES string of the molecule is CCOc1ccc(C(C)=O)cc1N1C(=O)C2C3C=CC(C)(O3)C2C1=O. The summed E-state index contributed by atoms with van der Waals surface area (Å²) >= 11 is 0. The molecule has 3 aliphatic heterocycles. The molecular formula is C19H19NO5. The van der Waals surface area contributed by atoms with Gasteiger partial charge in [0.25, 0.3) is 0 Å². The van der Waals surface area contributed by atoms with Gasteiger partial charge in [-0.3, -0.25) is 14.4 Å². The molecule has 4 rings (SSSR count). The first-order valence-electron chi connectivity index (χ1n) is 8.40. The summed E-state index contributed by atoms with van der Waals surface area (Å²) < 4.78 is 11.4. The number of amides is 2. The summed E-state index contributed by atoms with van der Waals surface area (Å²) in [5.74, 6) is -1.37. The quantitative estimate of drug-likeness (QED) is 0.476. The molecule has 4 atom stereocenters. The number of hydrogen-bond donors (Lipinski definition) is 0. The first-order chi connectivity index (χ1) is 11.9. The van der Waals surface area contributed by atoms with E-state index in [2.05, 4.69) is 0 Å². The molecule has 3 heterocycles. The van der Waals surface area contributed by atoms with E-state index < -0.39 is 17.4 Å². The molecular weight excluding hydrogens is 322 g/mol. The molecule has 4 unspecified atom stereocenters. The number of Topliss-reactive ketones (excluding diaryl/α,β-unsaturated/α-hetero) is 1. The summed E-state index contributed by atoms with van der Waals surface area (Å²) in [6.07, 6.45) is 3.34. The number of ketones is 1. The second-order valence-corrected chi connectivity index (χ2v) is 6.81. The topological polar surface area (TPSA) is 72.9 Å². The van der Waals surface area contributed by atoms with Crippen LogP contribution in [0.25, 0.3) is 0 Å². The molecule has 0 radical (unpaired) electrons. The number of nitrogens with zero attached hydrogens (tertiary/aromatic N) is 1. The predicted octanol–water partition coefficient (Wildman–Crippen LogP) is 2.12. The second-order valence-electron chi connectivity index (χ2n) is 6.81. The van der Waals surface area contributed by atoms with Gasteiger partial charge in [-0.05, 0) is 39.0 Å². The molecule has 2 saturated heterocycles. The van der Waals surface area contributed by atoms with Gasteiger partial charge in [0.2, 0.25) is 11.8 Å². The minimum absolute atomic E-state index is 0.138. The molecule has 0 saturated carbocycles. The summed E-state index contributed by atoms with van der Waals surface area (Å²) in [5, 5.41) is 0. The van der Waals surface area contributed by atoms with Gasteiger partial charge in [-0.1, -0.05) is 12.2 Å². The van der Waals surface area contributed by atoms with Gasteiger partial charge in [-0.15, -0.1) is 0 Å². The van der Waals surface area contributed by atoms with E-state index in [9.17, 15) is 14.4 Å². The third-order valence-electron chi connectivity index (χ3n) is 5.24. The van der Waals surface area contributed by atoms with Crippen molar-refractivity contribution in [3.05, 3.63) is 35.9 Å². The summed E-state index contributed by atoms with van der Waals surface area (Å²) in [6, 6.07) is 4.83. The molecule has 1 aromatic carbocycles. The zero-order valence-electron chi connectivity index (χ0n) is 14.3. The molecule has 130 valence electrons. The van der Waals surface area contributed by atoms with E-state index in [1.54, 1.807) is 18.2 Å². The molecule has 6 nitrogen and oxygen atoms in total. The van der Waals surface area contributed by atoms with Crippen molar-refractivity contribution in [2.45, 2.75) is 32.5 Å². The van der Waals surface area contributed by atoms with Gasteiger partial charge in [0.1, 0.15) is 5.75 Å². The highest BCUT2D eigenvalue weighted by Crippen LogP contribution is 2.53. The maximum Gasteiger partial charge on any atom is 0.241 e. The largest absolute Gasteiger partial charge is 0.492 e. The van der Waals surface area contributed by atoms with E-state index in [-0.39, 0.29) is 23.7 Å². The molecule has 2 bridgehead atoms. The normalized spacial score (nSPS) is 32.4. The monoisotopic (exact) mass is 341 g/mol. The summed E-state index contributed by atoms with van der Waals surface area (Å²) in [7, 11) is 0. The Kier molecular flexibility index (Phi) is 3.37. The first kappa shape index (κ1) is 16.0. The molecule has 0 N–H and O–H groups in total. The minimum Gasteiger partial charge on any atom is -0.492 e. The van der Waals surface area contributed by atoms with E-state index in [4.69, 9.17) is 9.47 Å². The van der Waals surface area contributed by atoms with Crippen molar-refractivity contribution in [1.29, 1.82) is 0 Å². The molecule has 25 heavy (non-hydrogen) atoms.